The summed E-state index contributed by atoms with van der Waals surface area (Å²) in [5.41, 5.74) is 0. The molecule has 2 aliphatic heterocycles. The molecule has 0 bridgehead atoms. The van der Waals surface area contributed by atoms with Crippen molar-refractivity contribution >= 4 is 23.3 Å². The van der Waals surface area contributed by atoms with Crippen LogP contribution in [0.4, 0.5) is 5.82 Å². The lowest BCUT2D eigenvalue weighted by Crippen LogP contribution is -2.49. The van der Waals surface area contributed by atoms with Crippen LogP contribution in [-0.4, -0.2) is 46.5 Å². The quantitative estimate of drug-likeness (QED) is 0.838. The molecule has 0 radical (unpaired) electrons. The van der Waals surface area contributed by atoms with E-state index in [4.69, 9.17) is 11.6 Å². The number of amides is 1. The van der Waals surface area contributed by atoms with Gasteiger partial charge in [0.05, 0.1) is 12.4 Å². The molecule has 0 aliphatic carbocycles. The number of rotatable bonds is 2. The smallest absolute Gasteiger partial charge is 0.222 e. The van der Waals surface area contributed by atoms with Crippen molar-refractivity contribution in [2.45, 2.75) is 38.1 Å². The number of hydrogen-bond acceptors (Lipinski definition) is 4. The van der Waals surface area contributed by atoms with Crippen LogP contribution in [0.3, 0.4) is 0 Å². The zero-order chi connectivity index (χ0) is 13.9. The second kappa shape index (κ2) is 5.95. The van der Waals surface area contributed by atoms with Crippen LogP contribution in [-0.2, 0) is 4.79 Å². The van der Waals surface area contributed by atoms with E-state index < -0.39 is 0 Å². The van der Waals surface area contributed by atoms with Gasteiger partial charge in [-0.25, -0.2) is 9.97 Å². The maximum Gasteiger partial charge on any atom is 0.222 e. The second-order valence-corrected chi connectivity index (χ2v) is 5.85. The molecule has 2 fully saturated rings. The van der Waals surface area contributed by atoms with Crippen LogP contribution in [0.1, 0.15) is 32.1 Å². The van der Waals surface area contributed by atoms with Crippen LogP contribution >= 0.6 is 11.6 Å². The molecule has 20 heavy (non-hydrogen) atoms. The van der Waals surface area contributed by atoms with Gasteiger partial charge in [0.25, 0.3) is 0 Å². The van der Waals surface area contributed by atoms with Crippen molar-refractivity contribution in [3.05, 3.63) is 17.5 Å². The second-order valence-electron chi connectivity index (χ2n) is 5.46. The Bertz CT molecular complexity index is 471. The Morgan fingerprint density at radius 2 is 1.90 bits per heavy atom. The lowest BCUT2D eigenvalue weighted by atomic mass is 9.99. The molecule has 5 nitrogen and oxygen atoms in total. The molecule has 0 saturated carbocycles. The fourth-order valence-corrected chi connectivity index (χ4v) is 3.19. The summed E-state index contributed by atoms with van der Waals surface area (Å²) in [5, 5.41) is 0.419. The summed E-state index contributed by atoms with van der Waals surface area (Å²) in [7, 11) is 0. The summed E-state index contributed by atoms with van der Waals surface area (Å²) in [4.78, 5) is 24.6. The van der Waals surface area contributed by atoms with Gasteiger partial charge < -0.3 is 9.80 Å². The molecule has 2 saturated heterocycles. The van der Waals surface area contributed by atoms with Crippen molar-refractivity contribution in [1.29, 1.82) is 0 Å². The first-order valence-electron chi connectivity index (χ1n) is 7.26. The number of hydrogen-bond donors (Lipinski definition) is 0. The van der Waals surface area contributed by atoms with E-state index in [1.807, 2.05) is 0 Å². The first kappa shape index (κ1) is 13.6. The van der Waals surface area contributed by atoms with Gasteiger partial charge >= 0.3 is 0 Å². The van der Waals surface area contributed by atoms with Crippen molar-refractivity contribution in [2.24, 2.45) is 0 Å². The van der Waals surface area contributed by atoms with Crippen LogP contribution < -0.4 is 4.90 Å². The van der Waals surface area contributed by atoms with Gasteiger partial charge in [0.15, 0.2) is 0 Å². The zero-order valence-corrected chi connectivity index (χ0v) is 12.2. The predicted molar refractivity (Wildman–Crippen MR) is 77.8 cm³/mol. The molecule has 1 amide bonds. The average Bonchev–Trinajstić information content (AvgIpc) is 2.49. The third-order valence-electron chi connectivity index (χ3n) is 4.20. The number of piperidine rings is 2. The lowest BCUT2D eigenvalue weighted by molar-refractivity contribution is -0.136. The van der Waals surface area contributed by atoms with Gasteiger partial charge in [0.2, 0.25) is 5.91 Å². The Labute approximate surface area is 123 Å². The van der Waals surface area contributed by atoms with Crippen LogP contribution in [0.5, 0.6) is 0 Å². The highest BCUT2D eigenvalue weighted by molar-refractivity contribution is 6.29. The van der Waals surface area contributed by atoms with E-state index in [0.29, 0.717) is 17.1 Å². The Hall–Kier alpha value is -1.36. The molecular weight excluding hydrogens is 276 g/mol. The van der Waals surface area contributed by atoms with Crippen molar-refractivity contribution in [1.82, 2.24) is 14.9 Å². The third-order valence-corrected chi connectivity index (χ3v) is 4.39. The first-order chi connectivity index (χ1) is 9.74. The number of nitrogens with zero attached hydrogens (tertiary/aromatic N) is 4. The minimum absolute atomic E-state index is 0.334. The monoisotopic (exact) mass is 294 g/mol. The van der Waals surface area contributed by atoms with E-state index in [0.717, 1.165) is 57.6 Å². The minimum Gasteiger partial charge on any atom is -0.355 e. The Morgan fingerprint density at radius 1 is 1.10 bits per heavy atom. The predicted octanol–water partition coefficient (Wildman–Crippen LogP) is 2.11. The highest BCUT2D eigenvalue weighted by Crippen LogP contribution is 2.24. The summed E-state index contributed by atoms with van der Waals surface area (Å²) >= 11 is 5.76. The summed E-state index contributed by atoms with van der Waals surface area (Å²) in [6, 6.07) is 0.402. The molecule has 1 aromatic heterocycles. The molecule has 3 heterocycles. The topological polar surface area (TPSA) is 49.3 Å². The van der Waals surface area contributed by atoms with Crippen molar-refractivity contribution in [3.63, 3.8) is 0 Å². The molecule has 0 aromatic carbocycles. The van der Waals surface area contributed by atoms with E-state index in [1.54, 1.807) is 12.4 Å². The molecule has 0 N–H and O–H groups in total. The molecule has 0 unspecified atom stereocenters. The number of carbonyl (C=O) groups is 1. The summed E-state index contributed by atoms with van der Waals surface area (Å²) in [6.07, 6.45) is 8.24. The van der Waals surface area contributed by atoms with E-state index in [-0.39, 0.29) is 0 Å². The molecular formula is C14H19ClN4O. The number of likely N-dealkylation sites (tertiary alicyclic amines) is 1. The molecule has 1 aromatic rings. The highest BCUT2D eigenvalue weighted by Gasteiger charge is 2.29. The van der Waals surface area contributed by atoms with Crippen LogP contribution in [0.15, 0.2) is 12.4 Å². The van der Waals surface area contributed by atoms with Crippen molar-refractivity contribution < 1.29 is 4.79 Å². The van der Waals surface area contributed by atoms with Crippen molar-refractivity contribution in [2.75, 3.05) is 24.5 Å². The molecule has 0 atom stereocenters. The van der Waals surface area contributed by atoms with Gasteiger partial charge in [0.1, 0.15) is 11.0 Å². The summed E-state index contributed by atoms with van der Waals surface area (Å²) in [6.45, 7) is 2.78. The minimum atomic E-state index is 0.334. The van der Waals surface area contributed by atoms with Gasteiger partial charge in [0, 0.05) is 32.1 Å². The lowest BCUT2D eigenvalue weighted by Gasteiger charge is -2.40. The van der Waals surface area contributed by atoms with Crippen LogP contribution in [0, 0.1) is 0 Å². The zero-order valence-electron chi connectivity index (χ0n) is 11.5. The number of anilines is 1. The number of halogens is 1. The molecule has 3 rings (SSSR count). The Balaban J connectivity index is 1.59. The van der Waals surface area contributed by atoms with E-state index in [9.17, 15) is 4.79 Å². The van der Waals surface area contributed by atoms with Gasteiger partial charge in [-0.05, 0) is 25.7 Å². The molecule has 6 heteroatoms. The standard InChI is InChI=1S/C14H19ClN4O/c15-12-9-17-13(10-16-12)18-7-4-11(5-8-18)19-6-2-1-3-14(19)20/h9-11H,1-8H2. The SMILES string of the molecule is O=C1CCCCN1C1CCN(c2cnc(Cl)cn2)CC1. The van der Waals surface area contributed by atoms with E-state index in [1.165, 1.54) is 0 Å². The third kappa shape index (κ3) is 2.87. The largest absolute Gasteiger partial charge is 0.355 e. The highest BCUT2D eigenvalue weighted by atomic mass is 35.5. The van der Waals surface area contributed by atoms with Gasteiger partial charge in [-0.2, -0.15) is 0 Å². The van der Waals surface area contributed by atoms with Gasteiger partial charge in [-0.15, -0.1) is 0 Å². The van der Waals surface area contributed by atoms with Crippen molar-refractivity contribution in [3.8, 4) is 0 Å². The number of aromatic nitrogens is 2. The van der Waals surface area contributed by atoms with Crippen LogP contribution in [0.25, 0.3) is 0 Å². The maximum atomic E-state index is 12.0. The molecule has 2 aliphatic rings. The maximum absolute atomic E-state index is 12.0. The molecule has 0 spiro atoms. The van der Waals surface area contributed by atoms with Gasteiger partial charge in [-0.1, -0.05) is 11.6 Å². The Morgan fingerprint density at radius 3 is 2.55 bits per heavy atom. The number of carbonyl (C=O) groups excluding carboxylic acids is 1. The Kier molecular flexibility index (Phi) is 4.05. The molecule has 108 valence electrons. The summed E-state index contributed by atoms with van der Waals surface area (Å²) in [5.74, 6) is 1.21. The normalized spacial score (nSPS) is 21.4. The van der Waals surface area contributed by atoms with Crippen LogP contribution in [0.2, 0.25) is 5.15 Å². The van der Waals surface area contributed by atoms with Gasteiger partial charge in [-0.3, -0.25) is 4.79 Å². The fraction of sp³-hybridized carbons (Fsp3) is 0.643. The average molecular weight is 295 g/mol. The first-order valence-corrected chi connectivity index (χ1v) is 7.64. The summed E-state index contributed by atoms with van der Waals surface area (Å²) < 4.78 is 0. The van der Waals surface area contributed by atoms with E-state index in [2.05, 4.69) is 19.8 Å². The fourth-order valence-electron chi connectivity index (χ4n) is 3.09. The van der Waals surface area contributed by atoms with E-state index >= 15 is 0 Å².